The summed E-state index contributed by atoms with van der Waals surface area (Å²) >= 11 is 0. The summed E-state index contributed by atoms with van der Waals surface area (Å²) in [5.41, 5.74) is 6.17. The lowest BCUT2D eigenvalue weighted by atomic mass is 10.0. The van der Waals surface area contributed by atoms with Gasteiger partial charge in [-0.05, 0) is 61.6 Å². The summed E-state index contributed by atoms with van der Waals surface area (Å²) in [5.74, 6) is -0.261. The molecule has 0 atom stereocenters. The van der Waals surface area contributed by atoms with Crippen molar-refractivity contribution in [2.24, 2.45) is 0 Å². The van der Waals surface area contributed by atoms with Crippen LogP contribution < -0.4 is 10.0 Å². The molecule has 0 radical (unpaired) electrons. The monoisotopic (exact) mass is 614 g/mol. The van der Waals surface area contributed by atoms with Crippen LogP contribution in [0.15, 0.2) is 61.2 Å². The second-order valence-electron chi connectivity index (χ2n) is 10.5. The molecule has 0 saturated heterocycles. The number of anilines is 1. The van der Waals surface area contributed by atoms with Crippen LogP contribution in [0.5, 0.6) is 0 Å². The molecule has 1 aromatic carbocycles. The Morgan fingerprint density at radius 2 is 1.77 bits per heavy atom. The number of H-pyrrole nitrogens is 2. The van der Waals surface area contributed by atoms with Crippen molar-refractivity contribution in [3.63, 3.8) is 0 Å². The molecule has 0 saturated carbocycles. The first-order chi connectivity index (χ1) is 21.0. The molecule has 44 heavy (non-hydrogen) atoms. The molecule has 0 aliphatic carbocycles. The number of imidazole rings is 1. The molecule has 15 heteroatoms. The van der Waals surface area contributed by atoms with Crippen molar-refractivity contribution in [3.8, 4) is 33.9 Å². The Morgan fingerprint density at radius 3 is 2.57 bits per heavy atom. The molecule has 0 aliphatic rings. The van der Waals surface area contributed by atoms with Gasteiger partial charge in [-0.25, -0.2) is 27.5 Å². The van der Waals surface area contributed by atoms with Crippen molar-refractivity contribution < 1.29 is 17.6 Å². The third-order valence-corrected chi connectivity index (χ3v) is 7.28. The zero-order valence-electron chi connectivity index (χ0n) is 23.9. The van der Waals surface area contributed by atoms with E-state index in [-0.39, 0.29) is 19.0 Å². The molecule has 13 nitrogen and oxygen atoms in total. The fraction of sp³-hybridized carbons (Fsp3) is 0.172. The SMILES string of the molecule is CN(C)CC(=O)Nc1cncc(-c2ccc3[nH]nc(-c4nc5c(-c6cc(F)cc(CNS(C)(=O)=O)c6)cncc5[nH]4)c3n2)c1. The highest BCUT2D eigenvalue weighted by molar-refractivity contribution is 7.88. The van der Waals surface area contributed by atoms with E-state index in [4.69, 9.17) is 9.97 Å². The first-order valence-electron chi connectivity index (χ1n) is 13.4. The predicted molar refractivity (Wildman–Crippen MR) is 164 cm³/mol. The molecule has 6 aromatic rings. The molecule has 5 heterocycles. The molecule has 224 valence electrons. The second kappa shape index (κ2) is 11.5. The number of pyridine rings is 3. The minimum atomic E-state index is -3.46. The number of fused-ring (bicyclic) bond motifs is 2. The summed E-state index contributed by atoms with van der Waals surface area (Å²) < 4.78 is 40.1. The summed E-state index contributed by atoms with van der Waals surface area (Å²) in [6, 6.07) is 9.78. The molecule has 6 rings (SSSR count). The van der Waals surface area contributed by atoms with E-state index in [1.807, 2.05) is 26.2 Å². The van der Waals surface area contributed by atoms with E-state index in [2.05, 4.69) is 35.2 Å². The van der Waals surface area contributed by atoms with E-state index in [9.17, 15) is 17.6 Å². The van der Waals surface area contributed by atoms with Gasteiger partial charge in [0.2, 0.25) is 15.9 Å². The predicted octanol–water partition coefficient (Wildman–Crippen LogP) is 3.31. The van der Waals surface area contributed by atoms with Crippen LogP contribution in [0.1, 0.15) is 5.56 Å². The fourth-order valence-electron chi connectivity index (χ4n) is 4.74. The topological polar surface area (TPSA) is 175 Å². The number of halogens is 1. The standard InChI is InChI=1S/C29H27FN10O3S/c1-40(2)15-25(41)34-20-9-18(11-31-12-20)22-4-5-23-27(35-22)28(39-38-23)29-36-24-14-32-13-21(26(24)37-29)17-6-16(7-19(30)8-17)10-33-44(3,42)43/h4-9,11-14,33H,10,15H2,1-3H3,(H,34,41)(H,36,37)(H,38,39). The largest absolute Gasteiger partial charge is 0.335 e. The van der Waals surface area contributed by atoms with E-state index >= 15 is 0 Å². The highest BCUT2D eigenvalue weighted by Gasteiger charge is 2.18. The van der Waals surface area contributed by atoms with Crippen LogP contribution in [-0.2, 0) is 21.4 Å². The van der Waals surface area contributed by atoms with Crippen molar-refractivity contribution in [2.45, 2.75) is 6.54 Å². The number of aromatic nitrogens is 7. The lowest BCUT2D eigenvalue weighted by Crippen LogP contribution is -2.27. The van der Waals surface area contributed by atoms with Gasteiger partial charge < -0.3 is 15.2 Å². The van der Waals surface area contributed by atoms with Gasteiger partial charge in [0, 0.05) is 30.1 Å². The third-order valence-electron chi connectivity index (χ3n) is 6.61. The van der Waals surface area contributed by atoms with Crippen LogP contribution in [0.2, 0.25) is 0 Å². The van der Waals surface area contributed by atoms with Gasteiger partial charge in [-0.3, -0.25) is 19.9 Å². The minimum absolute atomic E-state index is 0.0625. The summed E-state index contributed by atoms with van der Waals surface area (Å²) in [5, 5.41) is 10.3. The zero-order valence-corrected chi connectivity index (χ0v) is 24.7. The number of benzene rings is 1. The maximum Gasteiger partial charge on any atom is 0.238 e. The fourth-order valence-corrected chi connectivity index (χ4v) is 5.17. The smallest absolute Gasteiger partial charge is 0.238 e. The maximum atomic E-state index is 14.6. The van der Waals surface area contributed by atoms with Gasteiger partial charge in [-0.1, -0.05) is 0 Å². The van der Waals surface area contributed by atoms with Crippen molar-refractivity contribution in [1.82, 2.24) is 44.7 Å². The molecule has 0 unspecified atom stereocenters. The second-order valence-corrected chi connectivity index (χ2v) is 12.4. The molecule has 1 amide bonds. The molecule has 0 bridgehead atoms. The van der Waals surface area contributed by atoms with E-state index < -0.39 is 15.8 Å². The number of nitrogens with one attached hydrogen (secondary N) is 4. The van der Waals surface area contributed by atoms with Gasteiger partial charge in [0.25, 0.3) is 0 Å². The Balaban J connectivity index is 1.36. The summed E-state index contributed by atoms with van der Waals surface area (Å²) in [6.45, 7) is 0.176. The number of hydrogen-bond donors (Lipinski definition) is 4. The number of sulfonamides is 1. The number of amides is 1. The lowest BCUT2D eigenvalue weighted by molar-refractivity contribution is -0.116. The average Bonchev–Trinajstić information content (AvgIpc) is 3.59. The number of hydrogen-bond acceptors (Lipinski definition) is 9. The molecule has 4 N–H and O–H groups in total. The van der Waals surface area contributed by atoms with Gasteiger partial charge in [0.05, 0.1) is 53.1 Å². The van der Waals surface area contributed by atoms with Crippen LogP contribution >= 0.6 is 0 Å². The van der Waals surface area contributed by atoms with Gasteiger partial charge in [0.1, 0.15) is 11.3 Å². The van der Waals surface area contributed by atoms with Crippen LogP contribution in [0, 0.1) is 5.82 Å². The van der Waals surface area contributed by atoms with Crippen LogP contribution in [-0.4, -0.2) is 81.2 Å². The summed E-state index contributed by atoms with van der Waals surface area (Å²) in [7, 11) is 0.170. The van der Waals surface area contributed by atoms with Crippen LogP contribution in [0.4, 0.5) is 10.1 Å². The summed E-state index contributed by atoms with van der Waals surface area (Å²) in [6.07, 6.45) is 7.46. The highest BCUT2D eigenvalue weighted by Crippen LogP contribution is 2.32. The van der Waals surface area contributed by atoms with Gasteiger partial charge >= 0.3 is 0 Å². The van der Waals surface area contributed by atoms with Gasteiger partial charge in [0.15, 0.2) is 11.5 Å². The first-order valence-corrected chi connectivity index (χ1v) is 15.3. The minimum Gasteiger partial charge on any atom is -0.335 e. The lowest BCUT2D eigenvalue weighted by Gasteiger charge is -2.10. The number of rotatable bonds is 9. The van der Waals surface area contributed by atoms with Crippen molar-refractivity contribution in [2.75, 3.05) is 32.2 Å². The first kappa shape index (κ1) is 29.0. The number of likely N-dealkylation sites (N-methyl/N-ethyl adjacent to an activating group) is 1. The Labute approximate surface area is 251 Å². The van der Waals surface area contributed by atoms with Crippen LogP contribution in [0.25, 0.3) is 56.0 Å². The normalized spacial score (nSPS) is 11.9. The molecular formula is C29H27FN10O3S. The Hall–Kier alpha value is -5.12. The number of aromatic amines is 2. The number of carbonyl (C=O) groups excluding carboxylic acids is 1. The van der Waals surface area contributed by atoms with Crippen molar-refractivity contribution >= 4 is 43.7 Å². The quantitative estimate of drug-likeness (QED) is 0.190. The third kappa shape index (κ3) is 6.29. The molecule has 0 aliphatic heterocycles. The molecule has 0 spiro atoms. The summed E-state index contributed by atoms with van der Waals surface area (Å²) in [4.78, 5) is 35.4. The van der Waals surface area contributed by atoms with E-state index in [0.29, 0.717) is 67.2 Å². The Bertz CT molecular complexity index is 2140. The van der Waals surface area contributed by atoms with Crippen molar-refractivity contribution in [3.05, 3.63) is 72.6 Å². The number of carbonyl (C=O) groups is 1. The molecular weight excluding hydrogens is 587 g/mol. The van der Waals surface area contributed by atoms with Gasteiger partial charge in [-0.15, -0.1) is 0 Å². The molecule has 0 fully saturated rings. The van der Waals surface area contributed by atoms with Crippen molar-refractivity contribution in [1.29, 1.82) is 0 Å². The zero-order chi connectivity index (χ0) is 31.0. The Kier molecular flexibility index (Phi) is 7.59. The Morgan fingerprint density at radius 1 is 0.955 bits per heavy atom. The number of nitrogens with zero attached hydrogens (tertiary/aromatic N) is 6. The maximum absolute atomic E-state index is 14.6. The van der Waals surface area contributed by atoms with E-state index in [1.54, 1.807) is 41.8 Å². The van der Waals surface area contributed by atoms with E-state index in [0.717, 1.165) is 6.26 Å². The molecule has 5 aromatic heterocycles. The average molecular weight is 615 g/mol. The highest BCUT2D eigenvalue weighted by atomic mass is 32.2. The van der Waals surface area contributed by atoms with Crippen LogP contribution in [0.3, 0.4) is 0 Å². The van der Waals surface area contributed by atoms with Gasteiger partial charge in [-0.2, -0.15) is 5.10 Å². The van der Waals surface area contributed by atoms with E-state index in [1.165, 1.54) is 12.1 Å².